The predicted octanol–water partition coefficient (Wildman–Crippen LogP) is 3.80. The van der Waals surface area contributed by atoms with Crippen LogP contribution in [-0.4, -0.2) is 13.4 Å². The Morgan fingerprint density at radius 2 is 1.67 bits per heavy atom. The Morgan fingerprint density at radius 1 is 0.905 bits per heavy atom. The van der Waals surface area contributed by atoms with Crippen LogP contribution in [0.3, 0.4) is 0 Å². The standard InChI is InChI=1S/C15H11BrN2O2S/c16-14-6-3-7-15(17-14)18-21(19,20)13-9-8-11-4-1-2-5-12(11)10-13/h1-10H,(H,17,18). The van der Waals surface area contributed by atoms with Crippen molar-refractivity contribution in [2.45, 2.75) is 4.90 Å². The minimum atomic E-state index is -3.65. The molecule has 106 valence electrons. The molecule has 0 radical (unpaired) electrons. The Morgan fingerprint density at radius 3 is 2.43 bits per heavy atom. The molecule has 0 aliphatic rings. The lowest BCUT2D eigenvalue weighted by molar-refractivity contribution is 0.601. The normalized spacial score (nSPS) is 11.5. The molecule has 0 aliphatic heterocycles. The number of benzene rings is 2. The highest BCUT2D eigenvalue weighted by molar-refractivity contribution is 9.10. The van der Waals surface area contributed by atoms with E-state index in [4.69, 9.17) is 0 Å². The van der Waals surface area contributed by atoms with Gasteiger partial charge in [-0.2, -0.15) is 0 Å². The first-order valence-electron chi connectivity index (χ1n) is 6.19. The maximum atomic E-state index is 12.4. The van der Waals surface area contributed by atoms with Crippen molar-refractivity contribution in [2.24, 2.45) is 0 Å². The Hall–Kier alpha value is -1.92. The largest absolute Gasteiger partial charge is 0.263 e. The van der Waals surface area contributed by atoms with Crippen LogP contribution in [0.1, 0.15) is 0 Å². The van der Waals surface area contributed by atoms with Gasteiger partial charge in [0.15, 0.2) is 0 Å². The van der Waals surface area contributed by atoms with Gasteiger partial charge in [-0.15, -0.1) is 0 Å². The Labute approximate surface area is 131 Å². The van der Waals surface area contributed by atoms with E-state index in [9.17, 15) is 8.42 Å². The zero-order valence-electron chi connectivity index (χ0n) is 10.8. The second-order valence-electron chi connectivity index (χ2n) is 4.46. The molecule has 0 saturated carbocycles. The number of hydrogen-bond acceptors (Lipinski definition) is 3. The van der Waals surface area contributed by atoms with E-state index in [0.717, 1.165) is 10.8 Å². The van der Waals surface area contributed by atoms with Crippen LogP contribution >= 0.6 is 15.9 Å². The third-order valence-corrected chi connectivity index (χ3v) is 4.78. The van der Waals surface area contributed by atoms with Crippen molar-refractivity contribution in [2.75, 3.05) is 4.72 Å². The number of anilines is 1. The highest BCUT2D eigenvalue weighted by atomic mass is 79.9. The summed E-state index contributed by atoms with van der Waals surface area (Å²) in [5, 5.41) is 1.87. The third-order valence-electron chi connectivity index (χ3n) is 2.99. The van der Waals surface area contributed by atoms with E-state index in [1.54, 1.807) is 36.4 Å². The molecule has 1 aromatic heterocycles. The van der Waals surface area contributed by atoms with Gasteiger partial charge in [0.1, 0.15) is 10.4 Å². The molecule has 4 nitrogen and oxygen atoms in total. The van der Waals surface area contributed by atoms with Gasteiger partial charge in [-0.25, -0.2) is 13.4 Å². The topological polar surface area (TPSA) is 59.1 Å². The van der Waals surface area contributed by atoms with Gasteiger partial charge in [0.25, 0.3) is 10.0 Å². The molecule has 2 aromatic carbocycles. The van der Waals surface area contributed by atoms with Crippen molar-refractivity contribution in [3.8, 4) is 0 Å². The van der Waals surface area contributed by atoms with Crippen molar-refractivity contribution in [1.29, 1.82) is 0 Å². The van der Waals surface area contributed by atoms with Gasteiger partial charge in [-0.05, 0) is 51.0 Å². The van der Waals surface area contributed by atoms with Crippen LogP contribution in [0.4, 0.5) is 5.82 Å². The summed E-state index contributed by atoms with van der Waals surface area (Å²) in [4.78, 5) is 4.28. The second kappa shape index (κ2) is 5.46. The molecule has 0 amide bonds. The molecular formula is C15H11BrN2O2S. The summed E-state index contributed by atoms with van der Waals surface area (Å²) in [6.07, 6.45) is 0. The van der Waals surface area contributed by atoms with Crippen molar-refractivity contribution in [3.05, 3.63) is 65.3 Å². The van der Waals surface area contributed by atoms with Gasteiger partial charge in [-0.3, -0.25) is 4.72 Å². The molecule has 6 heteroatoms. The molecule has 0 atom stereocenters. The molecule has 0 fully saturated rings. The lowest BCUT2D eigenvalue weighted by atomic mass is 10.1. The molecule has 3 aromatic rings. The van der Waals surface area contributed by atoms with E-state index >= 15 is 0 Å². The highest BCUT2D eigenvalue weighted by Gasteiger charge is 2.15. The van der Waals surface area contributed by atoms with Crippen LogP contribution in [0, 0.1) is 0 Å². The lowest BCUT2D eigenvalue weighted by Crippen LogP contribution is -2.13. The van der Waals surface area contributed by atoms with E-state index in [1.165, 1.54) is 0 Å². The highest BCUT2D eigenvalue weighted by Crippen LogP contribution is 2.21. The molecule has 0 saturated heterocycles. The Kier molecular flexibility index (Phi) is 3.65. The van der Waals surface area contributed by atoms with Gasteiger partial charge in [0, 0.05) is 0 Å². The number of nitrogens with one attached hydrogen (secondary N) is 1. The molecule has 21 heavy (non-hydrogen) atoms. The summed E-state index contributed by atoms with van der Waals surface area (Å²) < 4.78 is 27.8. The summed E-state index contributed by atoms with van der Waals surface area (Å²) in [7, 11) is -3.65. The van der Waals surface area contributed by atoms with Crippen LogP contribution in [0.5, 0.6) is 0 Å². The van der Waals surface area contributed by atoms with E-state index in [2.05, 4.69) is 25.6 Å². The first-order valence-corrected chi connectivity index (χ1v) is 8.46. The summed E-state index contributed by atoms with van der Waals surface area (Å²) >= 11 is 3.21. The quantitative estimate of drug-likeness (QED) is 0.720. The van der Waals surface area contributed by atoms with Crippen molar-refractivity contribution in [3.63, 3.8) is 0 Å². The van der Waals surface area contributed by atoms with Crippen molar-refractivity contribution >= 4 is 42.5 Å². The molecule has 3 rings (SSSR count). The maximum Gasteiger partial charge on any atom is 0.263 e. The van der Waals surface area contributed by atoms with Gasteiger partial charge >= 0.3 is 0 Å². The average molecular weight is 363 g/mol. The number of pyridine rings is 1. The van der Waals surface area contributed by atoms with Crippen LogP contribution in [-0.2, 0) is 10.0 Å². The number of aromatic nitrogens is 1. The third kappa shape index (κ3) is 3.06. The van der Waals surface area contributed by atoms with E-state index < -0.39 is 10.0 Å². The number of hydrogen-bond donors (Lipinski definition) is 1. The number of halogens is 1. The monoisotopic (exact) mass is 362 g/mol. The number of fused-ring (bicyclic) bond motifs is 1. The molecule has 0 bridgehead atoms. The molecule has 0 aliphatic carbocycles. The van der Waals surface area contributed by atoms with Crippen molar-refractivity contribution < 1.29 is 8.42 Å². The minimum absolute atomic E-state index is 0.211. The molecule has 1 heterocycles. The van der Waals surface area contributed by atoms with E-state index in [1.807, 2.05) is 24.3 Å². The maximum absolute atomic E-state index is 12.4. The molecular weight excluding hydrogens is 352 g/mol. The first kappa shape index (κ1) is 14.0. The number of nitrogens with zero attached hydrogens (tertiary/aromatic N) is 1. The second-order valence-corrected chi connectivity index (χ2v) is 6.95. The average Bonchev–Trinajstić information content (AvgIpc) is 2.46. The summed E-state index contributed by atoms with van der Waals surface area (Å²) in [5.74, 6) is 0.275. The van der Waals surface area contributed by atoms with Gasteiger partial charge < -0.3 is 0 Å². The summed E-state index contributed by atoms with van der Waals surface area (Å²) in [5.41, 5.74) is 0. The van der Waals surface area contributed by atoms with Gasteiger partial charge in [0.05, 0.1) is 4.90 Å². The minimum Gasteiger partial charge on any atom is -0.263 e. The number of rotatable bonds is 3. The zero-order valence-corrected chi connectivity index (χ0v) is 13.2. The molecule has 1 N–H and O–H groups in total. The fourth-order valence-corrected chi connectivity index (χ4v) is 3.38. The summed E-state index contributed by atoms with van der Waals surface area (Å²) in [6, 6.07) is 17.7. The molecule has 0 unspecified atom stereocenters. The SMILES string of the molecule is O=S(=O)(Nc1cccc(Br)n1)c1ccc2ccccc2c1. The lowest BCUT2D eigenvalue weighted by Gasteiger charge is -2.08. The van der Waals surface area contributed by atoms with Crippen LogP contribution in [0.2, 0.25) is 0 Å². The fraction of sp³-hybridized carbons (Fsp3) is 0. The first-order chi connectivity index (χ1) is 10.0. The van der Waals surface area contributed by atoms with Crippen LogP contribution in [0.25, 0.3) is 10.8 Å². The van der Waals surface area contributed by atoms with E-state index in [0.29, 0.717) is 4.60 Å². The zero-order chi connectivity index (χ0) is 14.9. The number of sulfonamides is 1. The van der Waals surface area contributed by atoms with Crippen molar-refractivity contribution in [1.82, 2.24) is 4.98 Å². The fourth-order valence-electron chi connectivity index (χ4n) is 2.00. The Bertz CT molecular complexity index is 910. The van der Waals surface area contributed by atoms with Crippen LogP contribution < -0.4 is 4.72 Å². The Balaban J connectivity index is 2.00. The molecule has 0 spiro atoms. The van der Waals surface area contributed by atoms with Gasteiger partial charge in [-0.1, -0.05) is 36.4 Å². The predicted molar refractivity (Wildman–Crippen MR) is 86.7 cm³/mol. The van der Waals surface area contributed by atoms with Crippen LogP contribution in [0.15, 0.2) is 70.2 Å². The summed E-state index contributed by atoms with van der Waals surface area (Å²) in [6.45, 7) is 0. The smallest absolute Gasteiger partial charge is 0.263 e. The van der Waals surface area contributed by atoms with E-state index in [-0.39, 0.29) is 10.7 Å². The van der Waals surface area contributed by atoms with Gasteiger partial charge in [0.2, 0.25) is 0 Å².